The van der Waals surface area contributed by atoms with Gasteiger partial charge in [0.05, 0.1) is 16.3 Å². The molecule has 0 fully saturated rings. The normalized spacial score (nSPS) is 11.6. The Morgan fingerprint density at radius 2 is 1.65 bits per heavy atom. The Hall–Kier alpha value is -2.60. The molecule has 0 atom stereocenters. The predicted octanol–water partition coefficient (Wildman–Crippen LogP) is 4.68. The Morgan fingerprint density at radius 3 is 2.31 bits per heavy atom. The Balaban J connectivity index is 2.06. The molecule has 0 aliphatic heterocycles. The third-order valence-corrected chi connectivity index (χ3v) is 6.25. The molecule has 2 aromatic carbocycles. The van der Waals surface area contributed by atoms with Gasteiger partial charge in [0.25, 0.3) is 10.0 Å². The number of hydrogen-bond acceptors (Lipinski definition) is 4. The Labute approximate surface area is 154 Å². The summed E-state index contributed by atoms with van der Waals surface area (Å²) in [7, 11) is -3.73. The number of aromatic nitrogens is 1. The van der Waals surface area contributed by atoms with Gasteiger partial charge in [-0.3, -0.25) is 4.72 Å². The fraction of sp³-hybridized carbons (Fsp3) is 0.250. The number of sulfonamides is 1. The van der Waals surface area contributed by atoms with Crippen LogP contribution in [0.5, 0.6) is 0 Å². The van der Waals surface area contributed by atoms with Crippen LogP contribution in [0.15, 0.2) is 45.8 Å². The number of anilines is 1. The van der Waals surface area contributed by atoms with Gasteiger partial charge in [0.1, 0.15) is 0 Å². The van der Waals surface area contributed by atoms with E-state index >= 15 is 0 Å². The van der Waals surface area contributed by atoms with Crippen LogP contribution in [0.25, 0.3) is 11.3 Å². The molecule has 1 N–H and O–H groups in total. The van der Waals surface area contributed by atoms with E-state index < -0.39 is 10.0 Å². The molecule has 1 aromatic heterocycles. The SMILES string of the molecule is Cc1ccc(-c2onc(C)c2C)cc1S(=O)(=O)Nc1cccc(C)c1C. The lowest BCUT2D eigenvalue weighted by atomic mass is 10.1. The molecule has 0 aliphatic carbocycles. The largest absolute Gasteiger partial charge is 0.356 e. The highest BCUT2D eigenvalue weighted by molar-refractivity contribution is 7.92. The topological polar surface area (TPSA) is 72.2 Å². The molecule has 0 amide bonds. The summed E-state index contributed by atoms with van der Waals surface area (Å²) in [5, 5.41) is 3.96. The molecule has 3 aromatic rings. The molecule has 136 valence electrons. The maximum atomic E-state index is 13.0. The Kier molecular flexibility index (Phi) is 4.63. The number of benzene rings is 2. The Morgan fingerprint density at radius 1 is 0.923 bits per heavy atom. The summed E-state index contributed by atoms with van der Waals surface area (Å²) in [6.07, 6.45) is 0. The second-order valence-corrected chi connectivity index (χ2v) is 8.21. The van der Waals surface area contributed by atoms with E-state index in [1.807, 2.05) is 45.9 Å². The lowest BCUT2D eigenvalue weighted by molar-refractivity contribution is 0.427. The average Bonchev–Trinajstić information content (AvgIpc) is 2.91. The van der Waals surface area contributed by atoms with E-state index in [2.05, 4.69) is 9.88 Å². The molecular formula is C20H22N2O3S. The minimum Gasteiger partial charge on any atom is -0.356 e. The van der Waals surface area contributed by atoms with Gasteiger partial charge in [-0.2, -0.15) is 0 Å². The molecule has 0 radical (unpaired) electrons. The predicted molar refractivity (Wildman–Crippen MR) is 103 cm³/mol. The fourth-order valence-electron chi connectivity index (χ4n) is 2.78. The summed E-state index contributed by atoms with van der Waals surface area (Å²) in [5.74, 6) is 0.589. The molecule has 0 bridgehead atoms. The summed E-state index contributed by atoms with van der Waals surface area (Å²) in [4.78, 5) is 0.226. The number of aryl methyl sites for hydroxylation is 3. The summed E-state index contributed by atoms with van der Waals surface area (Å²) in [6, 6.07) is 10.8. The summed E-state index contributed by atoms with van der Waals surface area (Å²) < 4.78 is 34.1. The van der Waals surface area contributed by atoms with Crippen molar-refractivity contribution in [2.24, 2.45) is 0 Å². The maximum absolute atomic E-state index is 13.0. The van der Waals surface area contributed by atoms with E-state index in [0.717, 1.165) is 22.4 Å². The van der Waals surface area contributed by atoms with Crippen LogP contribution in [-0.2, 0) is 10.0 Å². The van der Waals surface area contributed by atoms with Gasteiger partial charge in [-0.15, -0.1) is 0 Å². The molecule has 0 saturated heterocycles. The van der Waals surface area contributed by atoms with Crippen molar-refractivity contribution in [2.45, 2.75) is 39.5 Å². The van der Waals surface area contributed by atoms with Crippen LogP contribution in [0.3, 0.4) is 0 Å². The lowest BCUT2D eigenvalue weighted by Gasteiger charge is -2.14. The zero-order valence-corrected chi connectivity index (χ0v) is 16.4. The zero-order valence-electron chi connectivity index (χ0n) is 15.5. The fourth-order valence-corrected chi connectivity index (χ4v) is 4.17. The quantitative estimate of drug-likeness (QED) is 0.723. The van der Waals surface area contributed by atoms with Crippen molar-refractivity contribution in [3.63, 3.8) is 0 Å². The third-order valence-electron chi connectivity index (χ3n) is 4.75. The molecule has 0 saturated carbocycles. The van der Waals surface area contributed by atoms with E-state index in [4.69, 9.17) is 4.52 Å². The molecule has 0 spiro atoms. The smallest absolute Gasteiger partial charge is 0.262 e. The summed E-state index contributed by atoms with van der Waals surface area (Å²) in [5.41, 5.74) is 5.57. The first-order chi connectivity index (χ1) is 12.2. The summed E-state index contributed by atoms with van der Waals surface area (Å²) in [6.45, 7) is 9.39. The number of nitrogens with one attached hydrogen (secondary N) is 1. The third kappa shape index (κ3) is 3.24. The van der Waals surface area contributed by atoms with Crippen molar-refractivity contribution < 1.29 is 12.9 Å². The zero-order chi connectivity index (χ0) is 19.1. The van der Waals surface area contributed by atoms with Crippen LogP contribution in [0.4, 0.5) is 5.69 Å². The van der Waals surface area contributed by atoms with Crippen LogP contribution in [0, 0.1) is 34.6 Å². The van der Waals surface area contributed by atoms with E-state index in [1.54, 1.807) is 25.1 Å². The van der Waals surface area contributed by atoms with Gasteiger partial charge in [-0.25, -0.2) is 8.42 Å². The molecular weight excluding hydrogens is 348 g/mol. The first-order valence-corrected chi connectivity index (χ1v) is 9.82. The molecule has 5 nitrogen and oxygen atoms in total. The molecule has 26 heavy (non-hydrogen) atoms. The average molecular weight is 370 g/mol. The van der Waals surface area contributed by atoms with Gasteiger partial charge in [-0.1, -0.05) is 29.4 Å². The monoisotopic (exact) mass is 370 g/mol. The van der Waals surface area contributed by atoms with Gasteiger partial charge in [0.2, 0.25) is 0 Å². The highest BCUT2D eigenvalue weighted by Crippen LogP contribution is 2.30. The minimum absolute atomic E-state index is 0.226. The van der Waals surface area contributed by atoms with Crippen molar-refractivity contribution in [1.82, 2.24) is 5.16 Å². The van der Waals surface area contributed by atoms with Crippen molar-refractivity contribution in [2.75, 3.05) is 4.72 Å². The van der Waals surface area contributed by atoms with Gasteiger partial charge in [-0.05, 0) is 63.4 Å². The number of hydrogen-bond donors (Lipinski definition) is 1. The van der Waals surface area contributed by atoms with Gasteiger partial charge in [0.15, 0.2) is 5.76 Å². The van der Waals surface area contributed by atoms with Gasteiger partial charge in [0, 0.05) is 11.1 Å². The highest BCUT2D eigenvalue weighted by atomic mass is 32.2. The van der Waals surface area contributed by atoms with Crippen LogP contribution < -0.4 is 4.72 Å². The second-order valence-electron chi connectivity index (χ2n) is 6.56. The van der Waals surface area contributed by atoms with Crippen LogP contribution in [0.1, 0.15) is 27.9 Å². The van der Waals surface area contributed by atoms with Crippen LogP contribution >= 0.6 is 0 Å². The highest BCUT2D eigenvalue weighted by Gasteiger charge is 2.21. The lowest BCUT2D eigenvalue weighted by Crippen LogP contribution is -2.15. The van der Waals surface area contributed by atoms with E-state index in [9.17, 15) is 8.42 Å². The van der Waals surface area contributed by atoms with E-state index in [0.29, 0.717) is 22.6 Å². The van der Waals surface area contributed by atoms with E-state index in [1.165, 1.54) is 0 Å². The first-order valence-electron chi connectivity index (χ1n) is 8.33. The first kappa shape index (κ1) is 18.2. The van der Waals surface area contributed by atoms with Crippen molar-refractivity contribution in [3.8, 4) is 11.3 Å². The van der Waals surface area contributed by atoms with Crippen LogP contribution in [0.2, 0.25) is 0 Å². The van der Waals surface area contributed by atoms with E-state index in [-0.39, 0.29) is 4.90 Å². The van der Waals surface area contributed by atoms with Crippen molar-refractivity contribution in [1.29, 1.82) is 0 Å². The standard InChI is InChI=1S/C20H22N2O3S/c1-12-7-6-8-18(14(12)3)22-26(23,24)19-11-17(10-9-13(19)2)20-15(4)16(5)21-25-20/h6-11,22H,1-5H3. The van der Waals surface area contributed by atoms with Crippen molar-refractivity contribution in [3.05, 3.63) is 64.3 Å². The van der Waals surface area contributed by atoms with Crippen molar-refractivity contribution >= 4 is 15.7 Å². The molecule has 6 heteroatoms. The van der Waals surface area contributed by atoms with Crippen LogP contribution in [-0.4, -0.2) is 13.6 Å². The molecule has 3 rings (SSSR count). The summed E-state index contributed by atoms with van der Waals surface area (Å²) >= 11 is 0. The Bertz CT molecular complexity index is 1080. The number of nitrogens with zero attached hydrogens (tertiary/aromatic N) is 1. The second kappa shape index (κ2) is 6.61. The van der Waals surface area contributed by atoms with Gasteiger partial charge >= 0.3 is 0 Å². The molecule has 0 unspecified atom stereocenters. The number of rotatable bonds is 4. The molecule has 1 heterocycles. The molecule has 0 aliphatic rings. The van der Waals surface area contributed by atoms with Gasteiger partial charge < -0.3 is 4.52 Å². The maximum Gasteiger partial charge on any atom is 0.262 e. The minimum atomic E-state index is -3.73.